The predicted molar refractivity (Wildman–Crippen MR) is 136 cm³/mol. The number of piperazine rings is 1. The lowest BCUT2D eigenvalue weighted by atomic mass is 9.85. The van der Waals surface area contributed by atoms with Crippen molar-refractivity contribution in [3.63, 3.8) is 0 Å². The zero-order valence-electron chi connectivity index (χ0n) is 19.7. The van der Waals surface area contributed by atoms with Crippen LogP contribution in [0, 0.1) is 5.92 Å². The van der Waals surface area contributed by atoms with Gasteiger partial charge in [0.1, 0.15) is 5.57 Å². The summed E-state index contributed by atoms with van der Waals surface area (Å²) in [5, 5.41) is 6.71. The lowest BCUT2D eigenvalue weighted by Gasteiger charge is -2.29. The number of allylic oxidation sites excluding steroid dienone is 2. The molecule has 1 aromatic carbocycles. The molecule has 34 heavy (non-hydrogen) atoms. The molecule has 0 radical (unpaired) electrons. The summed E-state index contributed by atoms with van der Waals surface area (Å²) in [5.74, 6) is 0.628. The van der Waals surface area contributed by atoms with Crippen LogP contribution in [-0.2, 0) is 0 Å². The van der Waals surface area contributed by atoms with Crippen LogP contribution in [0.15, 0.2) is 59.9 Å². The van der Waals surface area contributed by atoms with Gasteiger partial charge in [0.05, 0.1) is 17.7 Å². The Balaban J connectivity index is 1.33. The normalized spacial score (nSPS) is 22.9. The molecule has 1 saturated heterocycles. The van der Waals surface area contributed by atoms with Crippen molar-refractivity contribution in [2.24, 2.45) is 10.9 Å². The first kappa shape index (κ1) is 22.4. The minimum absolute atomic E-state index is 0.0904. The summed E-state index contributed by atoms with van der Waals surface area (Å²) in [6.07, 6.45) is 8.74. The second kappa shape index (κ2) is 9.85. The van der Waals surface area contributed by atoms with Crippen molar-refractivity contribution in [3.05, 3.63) is 60.6 Å². The standard InChI is InChI=1S/C26H31FN7/c1-18(27)16-34-17-23(25(34)22-4-3-10-29-19(22)2)24-9-11-30-26(32-24)31-20-5-7-21(8-6-20)33-14-12-28-13-15-33/h3-11,17-19,22,28H,12-16H2,1-2H3,(H,30,31,32)/q+1. The van der Waals surface area contributed by atoms with Gasteiger partial charge in [-0.15, -0.1) is 0 Å². The van der Waals surface area contributed by atoms with E-state index in [9.17, 15) is 4.39 Å². The third-order valence-corrected chi connectivity index (χ3v) is 6.42. The van der Waals surface area contributed by atoms with Crippen LogP contribution in [0.2, 0.25) is 0 Å². The molecule has 176 valence electrons. The molecule has 4 heterocycles. The summed E-state index contributed by atoms with van der Waals surface area (Å²) in [4.78, 5) is 16.1. The Bertz CT molecular complexity index is 1140. The van der Waals surface area contributed by atoms with Gasteiger partial charge in [-0.1, -0.05) is 6.08 Å². The van der Waals surface area contributed by atoms with Gasteiger partial charge in [-0.05, 0) is 50.3 Å². The second-order valence-corrected chi connectivity index (χ2v) is 8.98. The molecule has 3 atom stereocenters. The lowest BCUT2D eigenvalue weighted by molar-refractivity contribution is -0.473. The van der Waals surface area contributed by atoms with Crippen molar-refractivity contribution in [1.82, 2.24) is 15.3 Å². The minimum atomic E-state index is -0.925. The molecule has 5 rings (SSSR count). The summed E-state index contributed by atoms with van der Waals surface area (Å²) in [6, 6.07) is 10.4. The fourth-order valence-corrected chi connectivity index (χ4v) is 4.68. The largest absolute Gasteiger partial charge is 0.369 e. The van der Waals surface area contributed by atoms with Gasteiger partial charge in [-0.25, -0.2) is 14.4 Å². The zero-order valence-corrected chi connectivity index (χ0v) is 19.7. The van der Waals surface area contributed by atoms with E-state index in [1.165, 1.54) is 5.69 Å². The molecule has 1 fully saturated rings. The van der Waals surface area contributed by atoms with Gasteiger partial charge in [0.2, 0.25) is 11.7 Å². The first-order valence-electron chi connectivity index (χ1n) is 11.9. The smallest absolute Gasteiger partial charge is 0.227 e. The molecular formula is C26H31FN7+. The summed E-state index contributed by atoms with van der Waals surface area (Å²) < 4.78 is 15.8. The van der Waals surface area contributed by atoms with Crippen LogP contribution in [0.4, 0.5) is 21.7 Å². The van der Waals surface area contributed by atoms with Crippen molar-refractivity contribution < 1.29 is 8.97 Å². The molecule has 3 aliphatic heterocycles. The molecule has 0 saturated carbocycles. The lowest BCUT2D eigenvalue weighted by Crippen LogP contribution is -2.43. The van der Waals surface area contributed by atoms with Crippen molar-refractivity contribution in [2.45, 2.75) is 26.1 Å². The Labute approximate surface area is 199 Å². The quantitative estimate of drug-likeness (QED) is 0.620. The van der Waals surface area contributed by atoms with Gasteiger partial charge < -0.3 is 15.5 Å². The first-order chi connectivity index (χ1) is 16.6. The summed E-state index contributed by atoms with van der Waals surface area (Å²) in [6.45, 7) is 8.06. The van der Waals surface area contributed by atoms with Crippen molar-refractivity contribution in [2.75, 3.05) is 42.9 Å². The maximum absolute atomic E-state index is 13.8. The Morgan fingerprint density at radius 1 is 1.21 bits per heavy atom. The number of aliphatic imine (C=N–C) groups is 1. The van der Waals surface area contributed by atoms with Gasteiger partial charge in [0.25, 0.3) is 0 Å². The van der Waals surface area contributed by atoms with E-state index in [2.05, 4.69) is 62.8 Å². The maximum Gasteiger partial charge on any atom is 0.227 e. The minimum Gasteiger partial charge on any atom is -0.369 e. The second-order valence-electron chi connectivity index (χ2n) is 8.98. The Morgan fingerprint density at radius 2 is 2.00 bits per heavy atom. The summed E-state index contributed by atoms with van der Waals surface area (Å²) >= 11 is 0. The number of nitrogens with zero attached hydrogens (tertiary/aromatic N) is 5. The number of nitrogens with one attached hydrogen (secondary N) is 2. The first-order valence-corrected chi connectivity index (χ1v) is 11.9. The van der Waals surface area contributed by atoms with Crippen molar-refractivity contribution >= 4 is 34.8 Å². The monoisotopic (exact) mass is 460 g/mol. The van der Waals surface area contributed by atoms with E-state index in [0.29, 0.717) is 12.5 Å². The molecule has 1 aromatic heterocycles. The third kappa shape index (κ3) is 4.77. The van der Waals surface area contributed by atoms with Gasteiger partial charge in [-0.2, -0.15) is 4.58 Å². The molecule has 8 heteroatoms. The number of dihydropyridines is 1. The molecular weight excluding hydrogens is 429 g/mol. The predicted octanol–water partition coefficient (Wildman–Crippen LogP) is 3.44. The molecule has 0 bridgehead atoms. The fourth-order valence-electron chi connectivity index (χ4n) is 4.68. The topological polar surface area (TPSA) is 68.5 Å². The highest BCUT2D eigenvalue weighted by molar-refractivity contribution is 6.25. The van der Waals surface area contributed by atoms with Crippen LogP contribution in [0.25, 0.3) is 5.57 Å². The number of hydrogen-bond acceptors (Lipinski definition) is 6. The van der Waals surface area contributed by atoms with E-state index >= 15 is 0 Å². The van der Waals surface area contributed by atoms with Crippen LogP contribution in [0.1, 0.15) is 19.5 Å². The zero-order chi connectivity index (χ0) is 23.5. The Morgan fingerprint density at radius 3 is 2.74 bits per heavy atom. The average molecular weight is 461 g/mol. The average Bonchev–Trinajstić information content (AvgIpc) is 2.84. The van der Waals surface area contributed by atoms with Crippen LogP contribution < -0.4 is 15.5 Å². The van der Waals surface area contributed by atoms with E-state index in [1.807, 2.05) is 29.1 Å². The molecule has 3 unspecified atom stereocenters. The SMILES string of the molecule is CC(F)C[N+]1=C(C2C=CC=NC2C)C(c2ccnc(Nc3ccc(N4CCNCC4)cc3)n2)=C1. The summed E-state index contributed by atoms with van der Waals surface area (Å²) in [7, 11) is 0. The molecule has 0 amide bonds. The molecule has 0 aliphatic carbocycles. The van der Waals surface area contributed by atoms with Crippen molar-refractivity contribution in [1.29, 1.82) is 0 Å². The van der Waals surface area contributed by atoms with E-state index in [0.717, 1.165) is 48.8 Å². The van der Waals surface area contributed by atoms with Gasteiger partial charge >= 0.3 is 0 Å². The van der Waals surface area contributed by atoms with Crippen molar-refractivity contribution in [3.8, 4) is 0 Å². The molecule has 3 aliphatic rings. The van der Waals surface area contributed by atoms with Gasteiger partial charge in [0.15, 0.2) is 18.9 Å². The fraction of sp³-hybridized carbons (Fsp3) is 0.385. The van der Waals surface area contributed by atoms with E-state index < -0.39 is 6.17 Å². The van der Waals surface area contributed by atoms with Crippen LogP contribution in [0.5, 0.6) is 0 Å². The van der Waals surface area contributed by atoms with E-state index in [4.69, 9.17) is 4.98 Å². The molecule has 2 aromatic rings. The Hall–Kier alpha value is -3.39. The highest BCUT2D eigenvalue weighted by Gasteiger charge is 2.40. The van der Waals surface area contributed by atoms with Crippen LogP contribution >= 0.6 is 0 Å². The number of hydrogen-bond donors (Lipinski definition) is 2. The highest BCUT2D eigenvalue weighted by Crippen LogP contribution is 2.31. The van der Waals surface area contributed by atoms with E-state index in [-0.39, 0.29) is 12.0 Å². The van der Waals surface area contributed by atoms with Crippen LogP contribution in [0.3, 0.4) is 0 Å². The van der Waals surface area contributed by atoms with Gasteiger partial charge in [0, 0.05) is 50.0 Å². The Kier molecular flexibility index (Phi) is 6.49. The van der Waals surface area contributed by atoms with Gasteiger partial charge in [-0.3, -0.25) is 4.99 Å². The number of halogens is 1. The molecule has 0 spiro atoms. The highest BCUT2D eigenvalue weighted by atomic mass is 19.1. The number of rotatable bonds is 7. The van der Waals surface area contributed by atoms with E-state index in [1.54, 1.807) is 13.1 Å². The summed E-state index contributed by atoms with van der Waals surface area (Å²) in [5.41, 5.74) is 5.06. The number of aromatic nitrogens is 2. The number of anilines is 3. The maximum atomic E-state index is 13.8. The number of benzene rings is 1. The van der Waals surface area contributed by atoms with Crippen LogP contribution in [-0.4, -0.2) is 71.4 Å². The number of alkyl halides is 1. The molecule has 2 N–H and O–H groups in total. The molecule has 7 nitrogen and oxygen atoms in total. The third-order valence-electron chi connectivity index (χ3n) is 6.42.